The molecule has 0 heterocycles. The smallest absolute Gasteiger partial charge is 0.220 e. The molecule has 0 aliphatic heterocycles. The Labute approximate surface area is 179 Å². The van der Waals surface area contributed by atoms with Crippen molar-refractivity contribution in [2.45, 2.75) is 51.4 Å². The zero-order valence-corrected chi connectivity index (χ0v) is 17.5. The molecule has 1 fully saturated rings. The molecule has 0 aromatic heterocycles. The second kappa shape index (κ2) is 11.3. The van der Waals surface area contributed by atoms with Crippen LogP contribution in [0.15, 0.2) is 48.5 Å². The number of amides is 1. The van der Waals surface area contributed by atoms with Gasteiger partial charge in [-0.15, -0.1) is 0 Å². The van der Waals surface area contributed by atoms with Gasteiger partial charge in [-0.3, -0.25) is 4.79 Å². The van der Waals surface area contributed by atoms with Crippen molar-refractivity contribution in [1.82, 2.24) is 5.32 Å². The van der Waals surface area contributed by atoms with Gasteiger partial charge in [-0.2, -0.15) is 5.26 Å². The molecule has 158 valence electrons. The molecule has 1 aliphatic carbocycles. The number of nitrogens with one attached hydrogen (secondary N) is 1. The Hall–Kier alpha value is -3.00. The summed E-state index contributed by atoms with van der Waals surface area (Å²) in [4.78, 5) is 12.2. The van der Waals surface area contributed by atoms with E-state index in [1.807, 2.05) is 42.5 Å². The summed E-state index contributed by atoms with van der Waals surface area (Å²) in [6.07, 6.45) is 7.67. The van der Waals surface area contributed by atoms with Gasteiger partial charge in [0, 0.05) is 18.7 Å². The molecule has 1 atom stereocenters. The number of nitrogens with two attached hydrogens (primary N) is 1. The monoisotopic (exact) mass is 405 g/mol. The van der Waals surface area contributed by atoms with E-state index in [9.17, 15) is 10.1 Å². The Bertz CT molecular complexity index is 854. The first-order chi connectivity index (χ1) is 14.6. The summed E-state index contributed by atoms with van der Waals surface area (Å²) in [7, 11) is 0. The average molecular weight is 406 g/mol. The van der Waals surface area contributed by atoms with Crippen molar-refractivity contribution in [2.24, 2.45) is 11.8 Å². The Kier molecular flexibility index (Phi) is 8.14. The van der Waals surface area contributed by atoms with Gasteiger partial charge < -0.3 is 15.8 Å². The zero-order chi connectivity index (χ0) is 21.2. The molecule has 1 saturated carbocycles. The van der Waals surface area contributed by atoms with E-state index in [2.05, 4.69) is 11.4 Å². The Morgan fingerprint density at radius 3 is 2.63 bits per heavy atom. The predicted molar refractivity (Wildman–Crippen MR) is 119 cm³/mol. The van der Waals surface area contributed by atoms with E-state index in [0.717, 1.165) is 17.9 Å². The van der Waals surface area contributed by atoms with Crippen molar-refractivity contribution in [2.75, 3.05) is 12.3 Å². The molecule has 0 saturated heterocycles. The van der Waals surface area contributed by atoms with Crippen LogP contribution >= 0.6 is 0 Å². The second-order valence-electron chi connectivity index (χ2n) is 8.15. The molecule has 1 amide bonds. The van der Waals surface area contributed by atoms with Crippen molar-refractivity contribution < 1.29 is 9.53 Å². The van der Waals surface area contributed by atoms with Gasteiger partial charge >= 0.3 is 0 Å². The van der Waals surface area contributed by atoms with Gasteiger partial charge in [-0.25, -0.2) is 0 Å². The summed E-state index contributed by atoms with van der Waals surface area (Å²) in [6, 6.07) is 17.4. The molecule has 2 aromatic rings. The second-order valence-corrected chi connectivity index (χ2v) is 8.15. The van der Waals surface area contributed by atoms with Crippen LogP contribution in [0.3, 0.4) is 0 Å². The summed E-state index contributed by atoms with van der Waals surface area (Å²) < 4.78 is 5.87. The highest BCUT2D eigenvalue weighted by molar-refractivity contribution is 5.75. The molecular formula is C25H31N3O2. The number of anilines is 1. The molecule has 2 aromatic carbocycles. The minimum absolute atomic E-state index is 0.0370. The maximum absolute atomic E-state index is 12.2. The number of nitrogen functional groups attached to an aromatic ring is 1. The first-order valence-electron chi connectivity index (χ1n) is 10.9. The van der Waals surface area contributed by atoms with Gasteiger partial charge in [0.25, 0.3) is 0 Å². The quantitative estimate of drug-likeness (QED) is 0.560. The molecule has 0 spiro atoms. The highest BCUT2D eigenvalue weighted by Gasteiger charge is 2.16. The van der Waals surface area contributed by atoms with Crippen molar-refractivity contribution in [3.63, 3.8) is 0 Å². The van der Waals surface area contributed by atoms with Gasteiger partial charge in [-0.05, 0) is 67.5 Å². The fourth-order valence-corrected chi connectivity index (χ4v) is 3.97. The third-order valence-electron chi connectivity index (χ3n) is 5.77. The number of ether oxygens (including phenoxy) is 1. The number of rotatable bonds is 9. The summed E-state index contributed by atoms with van der Waals surface area (Å²) in [5.74, 6) is 1.82. The van der Waals surface area contributed by atoms with E-state index in [0.29, 0.717) is 36.6 Å². The summed E-state index contributed by atoms with van der Waals surface area (Å²) in [5.41, 5.74) is 7.64. The fraction of sp³-hybridized carbons (Fsp3) is 0.440. The van der Waals surface area contributed by atoms with Gasteiger partial charge in [-0.1, -0.05) is 37.5 Å². The van der Waals surface area contributed by atoms with Crippen LogP contribution < -0.4 is 15.8 Å². The van der Waals surface area contributed by atoms with Crippen molar-refractivity contribution in [3.05, 3.63) is 54.1 Å². The van der Waals surface area contributed by atoms with Crippen LogP contribution in [0, 0.1) is 23.2 Å². The predicted octanol–water partition coefficient (Wildman–Crippen LogP) is 5.22. The van der Waals surface area contributed by atoms with E-state index in [1.54, 1.807) is 6.07 Å². The number of carbonyl (C=O) groups is 1. The topological polar surface area (TPSA) is 88.1 Å². The number of hydrogen-bond acceptors (Lipinski definition) is 4. The Balaban J connectivity index is 1.50. The van der Waals surface area contributed by atoms with E-state index < -0.39 is 0 Å². The molecule has 5 nitrogen and oxygen atoms in total. The number of benzene rings is 2. The minimum Gasteiger partial charge on any atom is -0.457 e. The van der Waals surface area contributed by atoms with Gasteiger partial charge in [0.05, 0.1) is 12.0 Å². The summed E-state index contributed by atoms with van der Waals surface area (Å²) in [6.45, 7) is 0.766. The van der Waals surface area contributed by atoms with Crippen molar-refractivity contribution >= 4 is 11.6 Å². The van der Waals surface area contributed by atoms with Crippen LogP contribution in [-0.2, 0) is 11.2 Å². The number of nitrogens with zero attached hydrogens (tertiary/aromatic N) is 1. The highest BCUT2D eigenvalue weighted by Crippen LogP contribution is 2.27. The first-order valence-corrected chi connectivity index (χ1v) is 10.9. The van der Waals surface area contributed by atoms with Gasteiger partial charge in [0.15, 0.2) is 0 Å². The van der Waals surface area contributed by atoms with Crippen LogP contribution in [0.4, 0.5) is 5.69 Å². The van der Waals surface area contributed by atoms with Crippen molar-refractivity contribution in [1.29, 1.82) is 5.26 Å². The van der Waals surface area contributed by atoms with Crippen LogP contribution in [0.5, 0.6) is 11.5 Å². The van der Waals surface area contributed by atoms with Crippen LogP contribution in [0.1, 0.15) is 50.5 Å². The average Bonchev–Trinajstić information content (AvgIpc) is 2.78. The summed E-state index contributed by atoms with van der Waals surface area (Å²) in [5, 5.41) is 12.6. The van der Waals surface area contributed by atoms with E-state index >= 15 is 0 Å². The maximum Gasteiger partial charge on any atom is 0.220 e. The lowest BCUT2D eigenvalue weighted by molar-refractivity contribution is -0.121. The number of hydrogen-bond donors (Lipinski definition) is 2. The third kappa shape index (κ3) is 6.81. The van der Waals surface area contributed by atoms with Crippen LogP contribution in [0.2, 0.25) is 0 Å². The number of nitriles is 1. The minimum atomic E-state index is -0.264. The SMILES string of the molecule is N#CC(CCC(=O)NCC1CCCCC1)Cc1cc(Oc2ccccc2)ccc1N. The molecule has 3 rings (SSSR count). The molecular weight excluding hydrogens is 374 g/mol. The first kappa shape index (κ1) is 21.7. The fourth-order valence-electron chi connectivity index (χ4n) is 3.97. The standard InChI is InChI=1S/C25H31N3O2/c26-17-20(11-14-25(29)28-18-19-7-3-1-4-8-19)15-21-16-23(12-13-24(21)27)30-22-9-5-2-6-10-22/h2,5-6,9-10,12-13,16,19-20H,1,3-4,7-8,11,14-15,18,27H2,(H,28,29). The van der Waals surface area contributed by atoms with Crippen LogP contribution in [-0.4, -0.2) is 12.5 Å². The van der Waals surface area contributed by atoms with E-state index in [4.69, 9.17) is 10.5 Å². The number of para-hydroxylation sites is 1. The molecule has 3 N–H and O–H groups in total. The maximum atomic E-state index is 12.2. The lowest BCUT2D eigenvalue weighted by Gasteiger charge is -2.21. The van der Waals surface area contributed by atoms with Crippen LogP contribution in [0.25, 0.3) is 0 Å². The Morgan fingerprint density at radius 2 is 1.90 bits per heavy atom. The molecule has 5 heteroatoms. The van der Waals surface area contributed by atoms with Gasteiger partial charge in [0.1, 0.15) is 11.5 Å². The normalized spacial score (nSPS) is 15.2. The molecule has 1 unspecified atom stereocenters. The highest BCUT2D eigenvalue weighted by atomic mass is 16.5. The van der Waals surface area contributed by atoms with E-state index in [-0.39, 0.29) is 11.8 Å². The third-order valence-corrected chi connectivity index (χ3v) is 5.77. The lowest BCUT2D eigenvalue weighted by atomic mass is 9.89. The molecule has 0 radical (unpaired) electrons. The van der Waals surface area contributed by atoms with Crippen molar-refractivity contribution in [3.8, 4) is 17.6 Å². The van der Waals surface area contributed by atoms with E-state index in [1.165, 1.54) is 32.1 Å². The lowest BCUT2D eigenvalue weighted by Crippen LogP contribution is -2.30. The molecule has 0 bridgehead atoms. The largest absolute Gasteiger partial charge is 0.457 e. The zero-order valence-electron chi connectivity index (χ0n) is 17.5. The summed E-state index contributed by atoms with van der Waals surface area (Å²) >= 11 is 0. The number of carbonyl (C=O) groups excluding carboxylic acids is 1. The molecule has 1 aliphatic rings. The Morgan fingerprint density at radius 1 is 1.13 bits per heavy atom. The molecule has 30 heavy (non-hydrogen) atoms. The van der Waals surface area contributed by atoms with Gasteiger partial charge in [0.2, 0.25) is 5.91 Å².